The summed E-state index contributed by atoms with van der Waals surface area (Å²) in [6, 6.07) is -1.42. The first kappa shape index (κ1) is 14.4. The lowest BCUT2D eigenvalue weighted by atomic mass is 10.2. The van der Waals surface area contributed by atoms with Gasteiger partial charge in [-0.3, -0.25) is 5.32 Å². The van der Waals surface area contributed by atoms with Crippen molar-refractivity contribution in [1.29, 1.82) is 0 Å². The van der Waals surface area contributed by atoms with Crippen LogP contribution in [0.4, 0.5) is 9.93 Å². The molecule has 0 bridgehead atoms. The maximum Gasteiger partial charge on any atom is 0.326 e. The average Bonchev–Trinajstić information content (AvgIpc) is 2.65. The molecule has 3 N–H and O–H groups in total. The summed E-state index contributed by atoms with van der Waals surface area (Å²) in [5.74, 6) is -1.04. The number of nitrogens with zero attached hydrogens (tertiary/aromatic N) is 1. The maximum atomic E-state index is 11.6. The number of anilines is 1. The number of rotatable bonds is 5. The van der Waals surface area contributed by atoms with Crippen LogP contribution in [0.15, 0.2) is 0 Å². The van der Waals surface area contributed by atoms with E-state index in [1.165, 1.54) is 11.3 Å². The highest BCUT2D eigenvalue weighted by atomic mass is 32.1. The van der Waals surface area contributed by atoms with Crippen molar-refractivity contribution in [2.24, 2.45) is 0 Å². The Kier molecular flexibility index (Phi) is 5.08. The van der Waals surface area contributed by atoms with E-state index in [0.717, 1.165) is 17.0 Å². The molecule has 18 heavy (non-hydrogen) atoms. The topological polar surface area (TPSA) is 91.3 Å². The van der Waals surface area contributed by atoms with Crippen LogP contribution in [0.25, 0.3) is 0 Å². The zero-order valence-corrected chi connectivity index (χ0v) is 11.4. The number of thiazole rings is 1. The highest BCUT2D eigenvalue weighted by Crippen LogP contribution is 2.22. The molecule has 1 aromatic rings. The standard InChI is InChI=1S/C11H17N3O3S/c1-4-7-6(3)18-11(13-7)14-10(17)12-8(5-2)9(15)16/h8H,4-5H2,1-3H3,(H,15,16)(H2,12,13,14,17)/t8-/m0/s1. The number of aliphatic carboxylic acids is 1. The summed E-state index contributed by atoms with van der Waals surface area (Å²) in [7, 11) is 0. The number of carbonyl (C=O) groups excluding carboxylic acids is 1. The quantitative estimate of drug-likeness (QED) is 0.763. The summed E-state index contributed by atoms with van der Waals surface area (Å²) in [5, 5.41) is 14.2. The second-order valence-electron chi connectivity index (χ2n) is 3.77. The second-order valence-corrected chi connectivity index (χ2v) is 4.98. The highest BCUT2D eigenvalue weighted by Gasteiger charge is 2.18. The number of carboxylic acid groups (broad SMARTS) is 1. The van der Waals surface area contributed by atoms with E-state index in [-0.39, 0.29) is 0 Å². The van der Waals surface area contributed by atoms with Crippen LogP contribution in [0.5, 0.6) is 0 Å². The zero-order chi connectivity index (χ0) is 13.7. The predicted octanol–water partition coefficient (Wildman–Crippen LogP) is 2.00. The lowest BCUT2D eigenvalue weighted by molar-refractivity contribution is -0.139. The lowest BCUT2D eigenvalue weighted by Crippen LogP contribution is -2.42. The Hall–Kier alpha value is -1.63. The first-order valence-electron chi connectivity index (χ1n) is 5.74. The first-order chi connectivity index (χ1) is 8.47. The van der Waals surface area contributed by atoms with Gasteiger partial charge in [-0.15, -0.1) is 11.3 Å². The third-order valence-electron chi connectivity index (χ3n) is 2.46. The van der Waals surface area contributed by atoms with Crippen molar-refractivity contribution < 1.29 is 14.7 Å². The van der Waals surface area contributed by atoms with Crippen LogP contribution in [0, 0.1) is 6.92 Å². The van der Waals surface area contributed by atoms with Crippen LogP contribution in [-0.2, 0) is 11.2 Å². The van der Waals surface area contributed by atoms with Crippen LogP contribution in [0.2, 0.25) is 0 Å². The van der Waals surface area contributed by atoms with Crippen molar-refractivity contribution in [3.05, 3.63) is 10.6 Å². The number of carbonyl (C=O) groups is 2. The molecule has 7 heteroatoms. The number of carboxylic acids is 1. The molecule has 1 atom stereocenters. The van der Waals surface area contributed by atoms with Gasteiger partial charge in [0.15, 0.2) is 5.13 Å². The molecule has 0 unspecified atom stereocenters. The fourth-order valence-corrected chi connectivity index (χ4v) is 2.34. The molecule has 0 fully saturated rings. The molecular weight excluding hydrogens is 254 g/mol. The van der Waals surface area contributed by atoms with Crippen molar-refractivity contribution in [1.82, 2.24) is 10.3 Å². The lowest BCUT2D eigenvalue weighted by Gasteiger charge is -2.11. The number of nitrogens with one attached hydrogen (secondary N) is 2. The minimum absolute atomic E-state index is 0.333. The predicted molar refractivity (Wildman–Crippen MR) is 70.1 cm³/mol. The van der Waals surface area contributed by atoms with E-state index in [2.05, 4.69) is 15.6 Å². The summed E-state index contributed by atoms with van der Waals surface area (Å²) in [4.78, 5) is 27.6. The number of urea groups is 1. The summed E-state index contributed by atoms with van der Waals surface area (Å²) >= 11 is 1.38. The van der Waals surface area contributed by atoms with Gasteiger partial charge in [0.05, 0.1) is 5.69 Å². The Morgan fingerprint density at radius 3 is 2.56 bits per heavy atom. The molecule has 1 heterocycles. The van der Waals surface area contributed by atoms with E-state index in [1.807, 2.05) is 13.8 Å². The molecular formula is C11H17N3O3S. The van der Waals surface area contributed by atoms with Gasteiger partial charge in [0.1, 0.15) is 6.04 Å². The molecule has 0 saturated carbocycles. The summed E-state index contributed by atoms with van der Waals surface area (Å²) in [6.07, 6.45) is 1.14. The monoisotopic (exact) mass is 271 g/mol. The van der Waals surface area contributed by atoms with E-state index in [0.29, 0.717) is 11.6 Å². The maximum absolute atomic E-state index is 11.6. The average molecular weight is 271 g/mol. The highest BCUT2D eigenvalue weighted by molar-refractivity contribution is 7.15. The van der Waals surface area contributed by atoms with Crippen molar-refractivity contribution in [3.63, 3.8) is 0 Å². The second kappa shape index (κ2) is 6.34. The Bertz CT molecular complexity index is 445. The first-order valence-corrected chi connectivity index (χ1v) is 6.56. The third-order valence-corrected chi connectivity index (χ3v) is 3.39. The normalized spacial score (nSPS) is 11.9. The molecule has 1 rings (SSSR count). The van der Waals surface area contributed by atoms with Gasteiger partial charge in [-0.2, -0.15) is 0 Å². The van der Waals surface area contributed by atoms with E-state index in [1.54, 1.807) is 6.92 Å². The molecule has 0 saturated heterocycles. The SMILES string of the molecule is CCc1nc(NC(=O)N[C@@H](CC)C(=O)O)sc1C. The van der Waals surface area contributed by atoms with Gasteiger partial charge in [0.2, 0.25) is 0 Å². The van der Waals surface area contributed by atoms with Crippen molar-refractivity contribution in [2.45, 2.75) is 39.7 Å². The van der Waals surface area contributed by atoms with Crippen LogP contribution in [0.1, 0.15) is 30.8 Å². The van der Waals surface area contributed by atoms with Gasteiger partial charge in [-0.1, -0.05) is 13.8 Å². The number of hydrogen-bond acceptors (Lipinski definition) is 4. The molecule has 1 aromatic heterocycles. The van der Waals surface area contributed by atoms with Gasteiger partial charge in [-0.25, -0.2) is 14.6 Å². The van der Waals surface area contributed by atoms with Crippen molar-refractivity contribution >= 4 is 28.5 Å². The molecule has 0 spiro atoms. The molecule has 6 nitrogen and oxygen atoms in total. The van der Waals surface area contributed by atoms with E-state index in [4.69, 9.17) is 5.11 Å². The van der Waals surface area contributed by atoms with Gasteiger partial charge in [0.25, 0.3) is 0 Å². The van der Waals surface area contributed by atoms with Crippen molar-refractivity contribution in [2.75, 3.05) is 5.32 Å². The fourth-order valence-electron chi connectivity index (χ4n) is 1.44. The smallest absolute Gasteiger partial charge is 0.326 e. The van der Waals surface area contributed by atoms with Crippen LogP contribution < -0.4 is 10.6 Å². The summed E-state index contributed by atoms with van der Waals surface area (Å²) in [6.45, 7) is 5.62. The number of aromatic nitrogens is 1. The molecule has 0 radical (unpaired) electrons. The zero-order valence-electron chi connectivity index (χ0n) is 10.6. The Morgan fingerprint density at radius 1 is 1.44 bits per heavy atom. The number of aryl methyl sites for hydroxylation is 2. The Balaban J connectivity index is 2.61. The molecule has 0 aliphatic carbocycles. The minimum Gasteiger partial charge on any atom is -0.480 e. The van der Waals surface area contributed by atoms with Gasteiger partial charge in [-0.05, 0) is 19.8 Å². The number of hydrogen-bond donors (Lipinski definition) is 3. The van der Waals surface area contributed by atoms with Gasteiger partial charge < -0.3 is 10.4 Å². The molecule has 100 valence electrons. The molecule has 0 aliphatic heterocycles. The Labute approximate surface area is 109 Å². The molecule has 0 aliphatic rings. The third kappa shape index (κ3) is 3.69. The van der Waals surface area contributed by atoms with E-state index >= 15 is 0 Å². The van der Waals surface area contributed by atoms with Crippen LogP contribution in [0.3, 0.4) is 0 Å². The largest absolute Gasteiger partial charge is 0.480 e. The van der Waals surface area contributed by atoms with Crippen LogP contribution in [-0.4, -0.2) is 28.1 Å². The molecule has 2 amide bonds. The Morgan fingerprint density at radius 2 is 2.11 bits per heavy atom. The van der Waals surface area contributed by atoms with E-state index < -0.39 is 18.0 Å². The van der Waals surface area contributed by atoms with Crippen LogP contribution >= 0.6 is 11.3 Å². The summed E-state index contributed by atoms with van der Waals surface area (Å²) in [5.41, 5.74) is 0.945. The van der Waals surface area contributed by atoms with Gasteiger partial charge in [0, 0.05) is 4.88 Å². The summed E-state index contributed by atoms with van der Waals surface area (Å²) < 4.78 is 0. The van der Waals surface area contributed by atoms with Crippen molar-refractivity contribution in [3.8, 4) is 0 Å². The molecule has 0 aromatic carbocycles. The minimum atomic E-state index is -1.04. The van der Waals surface area contributed by atoms with E-state index in [9.17, 15) is 9.59 Å². The van der Waals surface area contributed by atoms with Gasteiger partial charge >= 0.3 is 12.0 Å². The number of amides is 2. The fraction of sp³-hybridized carbons (Fsp3) is 0.545.